The molecule has 0 aliphatic carbocycles. The van der Waals surface area contributed by atoms with Gasteiger partial charge in [-0.3, -0.25) is 4.79 Å². The summed E-state index contributed by atoms with van der Waals surface area (Å²) in [4.78, 5) is 16.5. The molecule has 114 valence electrons. The number of carbonyl (C=O) groups excluding carboxylic acids is 1. The number of ether oxygens (including phenoxy) is 1. The number of carbonyl (C=O) groups is 1. The smallest absolute Gasteiger partial charge is 0.219 e. The highest BCUT2D eigenvalue weighted by molar-refractivity contribution is 5.74. The van der Waals surface area contributed by atoms with Crippen molar-refractivity contribution in [1.29, 1.82) is 0 Å². The number of methoxy groups -OCH3 is 1. The van der Waals surface area contributed by atoms with Crippen LogP contribution in [0.1, 0.15) is 31.2 Å². The van der Waals surface area contributed by atoms with Gasteiger partial charge in [-0.2, -0.15) is 0 Å². The second-order valence-electron chi connectivity index (χ2n) is 6.23. The lowest BCUT2D eigenvalue weighted by molar-refractivity contribution is -0.133. The van der Waals surface area contributed by atoms with Crippen LogP contribution in [0.5, 0.6) is 5.75 Å². The average Bonchev–Trinajstić information content (AvgIpc) is 2.84. The minimum atomic E-state index is 0.207. The van der Waals surface area contributed by atoms with Crippen LogP contribution in [0.3, 0.4) is 0 Å². The minimum absolute atomic E-state index is 0.207. The standard InChI is InChI=1S/C17H24N2O2/c1-12(20)19-10-4-5-16-17(19)15(11-18(16)2)13-6-8-14(21-3)9-7-13/h6-9,15-17H,4-5,10-11H2,1-3H3/t15-,16-,17-/m1/s1. The molecule has 1 aromatic carbocycles. The number of fused-ring (bicyclic) bond motifs is 1. The van der Waals surface area contributed by atoms with Crippen LogP contribution in [0.4, 0.5) is 0 Å². The van der Waals surface area contributed by atoms with Crippen LogP contribution in [0.15, 0.2) is 24.3 Å². The lowest BCUT2D eigenvalue weighted by Gasteiger charge is -2.40. The van der Waals surface area contributed by atoms with Crippen molar-refractivity contribution in [3.63, 3.8) is 0 Å². The van der Waals surface area contributed by atoms with E-state index in [0.29, 0.717) is 18.0 Å². The fraction of sp³-hybridized carbons (Fsp3) is 0.588. The van der Waals surface area contributed by atoms with Gasteiger partial charge in [-0.05, 0) is 37.6 Å². The minimum Gasteiger partial charge on any atom is -0.497 e. The molecule has 3 atom stereocenters. The second kappa shape index (κ2) is 5.68. The molecule has 0 aromatic heterocycles. The summed E-state index contributed by atoms with van der Waals surface area (Å²) >= 11 is 0. The lowest BCUT2D eigenvalue weighted by atomic mass is 9.86. The Labute approximate surface area is 126 Å². The molecule has 0 saturated carbocycles. The highest BCUT2D eigenvalue weighted by atomic mass is 16.5. The molecule has 0 bridgehead atoms. The van der Waals surface area contributed by atoms with Gasteiger partial charge < -0.3 is 14.5 Å². The van der Waals surface area contributed by atoms with Gasteiger partial charge in [-0.15, -0.1) is 0 Å². The number of rotatable bonds is 2. The summed E-state index contributed by atoms with van der Waals surface area (Å²) in [6.07, 6.45) is 2.30. The summed E-state index contributed by atoms with van der Waals surface area (Å²) in [5.74, 6) is 1.49. The van der Waals surface area contributed by atoms with Crippen LogP contribution in [-0.4, -0.2) is 55.0 Å². The first-order chi connectivity index (χ1) is 10.1. The molecule has 1 aromatic rings. The van der Waals surface area contributed by atoms with Crippen molar-refractivity contribution >= 4 is 5.91 Å². The van der Waals surface area contributed by atoms with E-state index in [2.05, 4.69) is 29.0 Å². The number of hydrogen-bond donors (Lipinski definition) is 0. The Morgan fingerprint density at radius 3 is 2.62 bits per heavy atom. The molecular formula is C17H24N2O2. The van der Waals surface area contributed by atoms with Crippen LogP contribution in [-0.2, 0) is 4.79 Å². The monoisotopic (exact) mass is 288 g/mol. The van der Waals surface area contributed by atoms with Crippen molar-refractivity contribution in [2.45, 2.75) is 37.8 Å². The van der Waals surface area contributed by atoms with E-state index in [1.807, 2.05) is 12.1 Å². The molecule has 2 aliphatic rings. The van der Waals surface area contributed by atoms with Gasteiger partial charge in [-0.25, -0.2) is 0 Å². The van der Waals surface area contributed by atoms with Gasteiger partial charge in [0.05, 0.1) is 13.2 Å². The van der Waals surface area contributed by atoms with E-state index in [0.717, 1.165) is 25.3 Å². The van der Waals surface area contributed by atoms with Crippen molar-refractivity contribution in [2.24, 2.45) is 0 Å². The van der Waals surface area contributed by atoms with Gasteiger partial charge in [0, 0.05) is 32.0 Å². The molecule has 2 fully saturated rings. The van der Waals surface area contributed by atoms with Crippen LogP contribution < -0.4 is 4.74 Å². The normalized spacial score (nSPS) is 29.3. The molecule has 0 unspecified atom stereocenters. The summed E-state index contributed by atoms with van der Waals surface area (Å²) < 4.78 is 5.24. The van der Waals surface area contributed by atoms with Gasteiger partial charge in [0.15, 0.2) is 0 Å². The zero-order valence-corrected chi connectivity index (χ0v) is 13.1. The fourth-order valence-electron chi connectivity index (χ4n) is 4.04. The predicted molar refractivity (Wildman–Crippen MR) is 82.6 cm³/mol. The maximum Gasteiger partial charge on any atom is 0.219 e. The third-order valence-electron chi connectivity index (χ3n) is 5.06. The third kappa shape index (κ3) is 2.53. The zero-order valence-electron chi connectivity index (χ0n) is 13.1. The average molecular weight is 288 g/mol. The molecule has 1 amide bonds. The van der Waals surface area contributed by atoms with Crippen LogP contribution in [0.2, 0.25) is 0 Å². The highest BCUT2D eigenvalue weighted by Gasteiger charge is 2.46. The topological polar surface area (TPSA) is 32.8 Å². The summed E-state index contributed by atoms with van der Waals surface area (Å²) in [6, 6.07) is 9.14. The van der Waals surface area contributed by atoms with Gasteiger partial charge in [0.2, 0.25) is 5.91 Å². The fourth-order valence-corrected chi connectivity index (χ4v) is 4.04. The zero-order chi connectivity index (χ0) is 15.0. The van der Waals surface area contributed by atoms with Crippen molar-refractivity contribution in [1.82, 2.24) is 9.80 Å². The van der Waals surface area contributed by atoms with Crippen molar-refractivity contribution in [2.75, 3.05) is 27.2 Å². The molecule has 2 saturated heterocycles. The van der Waals surface area contributed by atoms with Gasteiger partial charge >= 0.3 is 0 Å². The van der Waals surface area contributed by atoms with Crippen molar-refractivity contribution in [3.05, 3.63) is 29.8 Å². The van der Waals surface area contributed by atoms with Crippen molar-refractivity contribution in [3.8, 4) is 5.75 Å². The summed E-state index contributed by atoms with van der Waals surface area (Å²) in [7, 11) is 3.87. The van der Waals surface area contributed by atoms with E-state index < -0.39 is 0 Å². The largest absolute Gasteiger partial charge is 0.497 e. The second-order valence-corrected chi connectivity index (χ2v) is 6.23. The SMILES string of the molecule is COc1ccc([C@H]2CN(C)[C@@H]3CCCN(C(C)=O)[C@H]23)cc1. The molecule has 21 heavy (non-hydrogen) atoms. The Bertz CT molecular complexity index is 514. The Balaban J connectivity index is 1.91. The number of benzene rings is 1. The molecule has 0 spiro atoms. The lowest BCUT2D eigenvalue weighted by Crippen LogP contribution is -2.52. The molecule has 4 nitrogen and oxygen atoms in total. The number of likely N-dealkylation sites (N-methyl/N-ethyl adjacent to an activating group) is 1. The van der Waals surface area contributed by atoms with Gasteiger partial charge in [-0.1, -0.05) is 12.1 Å². The number of likely N-dealkylation sites (tertiary alicyclic amines) is 2. The van der Waals surface area contributed by atoms with Crippen LogP contribution >= 0.6 is 0 Å². The van der Waals surface area contributed by atoms with E-state index in [9.17, 15) is 4.79 Å². The Kier molecular flexibility index (Phi) is 3.89. The number of amides is 1. The van der Waals surface area contributed by atoms with E-state index in [-0.39, 0.29) is 5.91 Å². The quantitative estimate of drug-likeness (QED) is 0.835. The maximum atomic E-state index is 12.0. The molecule has 2 heterocycles. The van der Waals surface area contributed by atoms with E-state index in [1.165, 1.54) is 12.0 Å². The van der Waals surface area contributed by atoms with Gasteiger partial charge in [0.1, 0.15) is 5.75 Å². The first-order valence-electron chi connectivity index (χ1n) is 7.73. The van der Waals surface area contributed by atoms with Gasteiger partial charge in [0.25, 0.3) is 0 Å². The van der Waals surface area contributed by atoms with Crippen LogP contribution in [0.25, 0.3) is 0 Å². The summed E-state index contributed by atoms with van der Waals surface area (Å²) in [6.45, 7) is 3.62. The number of hydrogen-bond acceptors (Lipinski definition) is 3. The first-order valence-corrected chi connectivity index (χ1v) is 7.73. The Morgan fingerprint density at radius 2 is 2.00 bits per heavy atom. The van der Waals surface area contributed by atoms with E-state index in [1.54, 1.807) is 14.0 Å². The maximum absolute atomic E-state index is 12.0. The molecule has 0 radical (unpaired) electrons. The molecule has 4 heteroatoms. The summed E-state index contributed by atoms with van der Waals surface area (Å²) in [5, 5.41) is 0. The van der Waals surface area contributed by atoms with Crippen LogP contribution in [0, 0.1) is 0 Å². The molecule has 3 rings (SSSR count). The van der Waals surface area contributed by atoms with Crippen molar-refractivity contribution < 1.29 is 9.53 Å². The molecule has 2 aliphatic heterocycles. The first kappa shape index (κ1) is 14.4. The number of piperidine rings is 1. The van der Waals surface area contributed by atoms with E-state index >= 15 is 0 Å². The highest BCUT2D eigenvalue weighted by Crippen LogP contribution is 2.39. The Morgan fingerprint density at radius 1 is 1.29 bits per heavy atom. The third-order valence-corrected chi connectivity index (χ3v) is 5.06. The summed E-state index contributed by atoms with van der Waals surface area (Å²) in [5.41, 5.74) is 1.31. The Hall–Kier alpha value is -1.55. The molecular weight excluding hydrogens is 264 g/mol. The van der Waals surface area contributed by atoms with E-state index in [4.69, 9.17) is 4.74 Å². The number of nitrogens with zero attached hydrogens (tertiary/aromatic N) is 2. The molecule has 0 N–H and O–H groups in total. The predicted octanol–water partition coefficient (Wildman–Crippen LogP) is 2.10.